The molecule has 0 radical (unpaired) electrons. The molecule has 474 valence electrons. The predicted molar refractivity (Wildman–Crippen MR) is 301 cm³/mol. The third-order valence-corrected chi connectivity index (χ3v) is 15.4. The number of hydrogen-bond acceptors (Lipinski definition) is 25. The number of ketones is 1. The first-order valence-electron chi connectivity index (χ1n) is 28.4. The summed E-state index contributed by atoms with van der Waals surface area (Å²) < 4.78 is 42.7. The van der Waals surface area contributed by atoms with E-state index in [1.807, 2.05) is 13.8 Å². The first-order valence-corrected chi connectivity index (χ1v) is 28.4. The van der Waals surface area contributed by atoms with Crippen LogP contribution < -0.4 is 21.4 Å². The monoisotopic (exact) mass is 1230 g/mol. The smallest absolute Gasteiger partial charge is 0.357 e. The van der Waals surface area contributed by atoms with Crippen molar-refractivity contribution in [3.63, 3.8) is 0 Å². The Labute approximate surface area is 501 Å². The van der Waals surface area contributed by atoms with E-state index in [4.69, 9.17) is 37.9 Å². The van der Waals surface area contributed by atoms with Crippen LogP contribution in [0.25, 0.3) is 5.76 Å². The van der Waals surface area contributed by atoms with Crippen LogP contribution >= 0.6 is 0 Å². The first kappa shape index (κ1) is 66.7. The lowest BCUT2D eigenvalue weighted by Crippen LogP contribution is -2.44. The van der Waals surface area contributed by atoms with E-state index in [2.05, 4.69) is 9.97 Å². The van der Waals surface area contributed by atoms with E-state index in [-0.39, 0.29) is 163 Å². The van der Waals surface area contributed by atoms with Crippen LogP contribution in [0.15, 0.2) is 44.2 Å². The van der Waals surface area contributed by atoms with Gasteiger partial charge in [0.2, 0.25) is 5.88 Å². The SMILES string of the molecule is CCCOC(=O)c1cc2c(c(=O)[nH]1)COC(=O)[C@]2(O)CC.CCCOC(=O)c1cc2c(c(OC)n1)COC(=O)[C@]2(O)CC.CC[C@@]1(O)C(=O)OCc2c1cc1n(c2=O)CC(C(=O)OC(C)(C)C)=C1O.CC[C@@]1(O)C(=O)OCc2c1cc1n(c2=O)CCC1=O. The van der Waals surface area contributed by atoms with Gasteiger partial charge < -0.3 is 77.5 Å². The van der Waals surface area contributed by atoms with E-state index in [1.165, 1.54) is 40.5 Å². The Balaban J connectivity index is 0.000000168. The molecule has 10 rings (SSSR count). The molecule has 10 heterocycles. The van der Waals surface area contributed by atoms with Crippen LogP contribution in [0.2, 0.25) is 0 Å². The van der Waals surface area contributed by atoms with Gasteiger partial charge in [0.1, 0.15) is 43.3 Å². The Morgan fingerprint density at radius 3 is 1.49 bits per heavy atom. The number of aliphatic hydroxyl groups is 5. The number of carbonyl (C=O) groups is 8. The maximum absolute atomic E-state index is 12.8. The molecule has 6 N–H and O–H groups in total. The summed E-state index contributed by atoms with van der Waals surface area (Å²) in [6.07, 6.45) is 1.84. The highest BCUT2D eigenvalue weighted by Crippen LogP contribution is 2.40. The number of aromatic nitrogens is 4. The standard InChI is InChI=1S/C18H21NO7.C15H19NO6.C14H17NO6.C13H13NO5/c1-5-18(24)11-6-12-13(20)9(15(22)26-17(2,3)4)7-19(12)14(21)10(11)8-25-16(18)23;1-4-6-21-13(17)11-7-10-9(12(16-11)20-3)8-22-14(18)15(10,19)5-2;1-3-5-20-12(17)10-6-9-8(11(16)15-10)7-21-13(18)14(9,19)4-2;1-2-13(18)8-5-9-10(15)3-4-14(9)11(16)7(8)6-19-12(13)17/h6,20,24H,5,7-8H2,1-4H3;7,19H,4-6,8H2,1-3H3;6,19H,3-5,7H2,1-2H3,(H,15,16);5,18H,2-4,6H2,1H3/t18-;15-;14-;13-/m0000/s1. The zero-order valence-corrected chi connectivity index (χ0v) is 50.3. The number of hydrogen-bond donors (Lipinski definition) is 6. The average Bonchev–Trinajstić information content (AvgIpc) is 1.69. The van der Waals surface area contributed by atoms with Gasteiger partial charge in [-0.3, -0.25) is 19.2 Å². The summed E-state index contributed by atoms with van der Waals surface area (Å²) in [4.78, 5) is 139. The summed E-state index contributed by atoms with van der Waals surface area (Å²) >= 11 is 0. The third kappa shape index (κ3) is 12.2. The van der Waals surface area contributed by atoms with Crippen LogP contribution in [0.3, 0.4) is 0 Å². The number of nitrogens with one attached hydrogen (secondary N) is 1. The number of Topliss-reactive ketones (excluding diaryl/α,β-unsaturated/α-hetero) is 1. The van der Waals surface area contributed by atoms with Gasteiger partial charge in [0.15, 0.2) is 39.6 Å². The van der Waals surface area contributed by atoms with Gasteiger partial charge in [0, 0.05) is 35.2 Å². The topological polar surface area (TPSA) is 401 Å². The molecular formula is C60H70N4O24. The molecule has 28 nitrogen and oxygen atoms in total. The number of nitrogens with zero attached hydrogens (tertiary/aromatic N) is 3. The van der Waals surface area contributed by atoms with Gasteiger partial charge in [0.05, 0.1) is 60.5 Å². The largest absolute Gasteiger partial charge is 0.505 e. The molecule has 88 heavy (non-hydrogen) atoms. The molecule has 0 saturated heterocycles. The van der Waals surface area contributed by atoms with Gasteiger partial charge in [-0.25, -0.2) is 38.5 Å². The van der Waals surface area contributed by atoms with Crippen LogP contribution in [0.5, 0.6) is 5.88 Å². The Morgan fingerprint density at radius 2 is 1.02 bits per heavy atom. The summed E-state index contributed by atoms with van der Waals surface area (Å²) in [6.45, 7) is 15.2. The van der Waals surface area contributed by atoms with Crippen molar-refractivity contribution in [3.05, 3.63) is 128 Å². The fourth-order valence-electron chi connectivity index (χ4n) is 10.3. The molecule has 4 aromatic rings. The molecular weight excluding hydrogens is 1160 g/mol. The van der Waals surface area contributed by atoms with Crippen LogP contribution in [-0.4, -0.2) is 118 Å². The first-order chi connectivity index (χ1) is 41.4. The lowest BCUT2D eigenvalue weighted by Gasteiger charge is -2.32. The molecule has 4 aromatic heterocycles. The lowest BCUT2D eigenvalue weighted by molar-refractivity contribution is -0.172. The van der Waals surface area contributed by atoms with Gasteiger partial charge in [-0.15, -0.1) is 0 Å². The van der Waals surface area contributed by atoms with Gasteiger partial charge in [-0.1, -0.05) is 41.5 Å². The lowest BCUT2D eigenvalue weighted by atomic mass is 9.86. The van der Waals surface area contributed by atoms with E-state index in [1.54, 1.807) is 48.5 Å². The molecule has 28 heteroatoms. The molecule has 0 fully saturated rings. The minimum absolute atomic E-state index is 0.00509. The Kier molecular flexibility index (Phi) is 19.6. The summed E-state index contributed by atoms with van der Waals surface area (Å²) in [5.74, 6) is -5.62. The third-order valence-electron chi connectivity index (χ3n) is 15.4. The number of fused-ring (bicyclic) bond motifs is 6. The zero-order chi connectivity index (χ0) is 65.2. The highest BCUT2D eigenvalue weighted by atomic mass is 16.6. The van der Waals surface area contributed by atoms with Crippen molar-refractivity contribution in [3.8, 4) is 5.88 Å². The second-order valence-electron chi connectivity index (χ2n) is 22.1. The minimum atomic E-state index is -1.96. The summed E-state index contributed by atoms with van der Waals surface area (Å²) in [7, 11) is 1.39. The molecule has 0 saturated carbocycles. The van der Waals surface area contributed by atoms with Crippen LogP contribution in [0, 0.1) is 0 Å². The Bertz CT molecular complexity index is 3760. The van der Waals surface area contributed by atoms with Crippen molar-refractivity contribution in [1.82, 2.24) is 19.1 Å². The Hall–Kier alpha value is -8.86. The minimum Gasteiger partial charge on any atom is -0.505 e. The number of ether oxygens (including phenoxy) is 8. The number of esters is 7. The van der Waals surface area contributed by atoms with Crippen molar-refractivity contribution in [2.45, 2.75) is 175 Å². The summed E-state index contributed by atoms with van der Waals surface area (Å²) in [5.41, 5.74) is -7.83. The second kappa shape index (κ2) is 25.8. The second-order valence-corrected chi connectivity index (χ2v) is 22.1. The molecule has 0 bridgehead atoms. The van der Waals surface area contributed by atoms with Crippen molar-refractivity contribution < 1.29 is 102 Å². The number of cyclic esters (lactones) is 4. The van der Waals surface area contributed by atoms with E-state index >= 15 is 0 Å². The zero-order valence-electron chi connectivity index (χ0n) is 50.3. The fraction of sp³-hybridized carbons (Fsp3) is 0.500. The van der Waals surface area contributed by atoms with E-state index in [9.17, 15) is 78.3 Å². The number of rotatable bonds is 12. The number of carbonyl (C=O) groups excluding carboxylic acids is 8. The number of aromatic amines is 1. The molecule has 0 aliphatic carbocycles. The van der Waals surface area contributed by atoms with Crippen molar-refractivity contribution >= 4 is 53.3 Å². The molecule has 6 aliphatic heterocycles. The molecule has 6 aliphatic rings. The van der Waals surface area contributed by atoms with Crippen molar-refractivity contribution in [2.24, 2.45) is 0 Å². The normalized spacial score (nSPS) is 21.8. The average molecular weight is 1230 g/mol. The Morgan fingerprint density at radius 1 is 0.591 bits per heavy atom. The number of aliphatic hydroxyl groups excluding tert-OH is 1. The van der Waals surface area contributed by atoms with E-state index in [0.717, 1.165) is 0 Å². The van der Waals surface area contributed by atoms with E-state index < -0.39 is 86.7 Å². The summed E-state index contributed by atoms with van der Waals surface area (Å²) in [5, 5.41) is 52.6. The van der Waals surface area contributed by atoms with Gasteiger partial charge in [0.25, 0.3) is 16.7 Å². The van der Waals surface area contributed by atoms with Crippen LogP contribution in [0.4, 0.5) is 0 Å². The molecule has 0 unspecified atom stereocenters. The number of pyridine rings is 4. The predicted octanol–water partition coefficient (Wildman–Crippen LogP) is 3.12. The quantitative estimate of drug-likeness (QED) is 0.0876. The molecule has 0 spiro atoms. The van der Waals surface area contributed by atoms with Gasteiger partial charge in [-0.05, 0) is 83.6 Å². The fourth-order valence-corrected chi connectivity index (χ4v) is 10.3. The molecule has 0 aromatic carbocycles. The van der Waals surface area contributed by atoms with Crippen molar-refractivity contribution in [1.29, 1.82) is 0 Å². The van der Waals surface area contributed by atoms with Gasteiger partial charge in [-0.2, -0.15) is 0 Å². The summed E-state index contributed by atoms with van der Waals surface area (Å²) in [6, 6.07) is 5.50. The van der Waals surface area contributed by atoms with Gasteiger partial charge >= 0.3 is 41.8 Å². The highest BCUT2D eigenvalue weighted by molar-refractivity contribution is 5.98. The number of H-pyrrole nitrogens is 1. The molecule has 4 atom stereocenters. The highest BCUT2D eigenvalue weighted by Gasteiger charge is 2.49. The van der Waals surface area contributed by atoms with E-state index in [0.29, 0.717) is 24.9 Å². The van der Waals surface area contributed by atoms with Crippen LogP contribution in [0.1, 0.15) is 189 Å². The maximum atomic E-state index is 12.8. The number of methoxy groups -OCH3 is 1. The van der Waals surface area contributed by atoms with Crippen LogP contribution in [-0.2, 0) is 119 Å². The van der Waals surface area contributed by atoms with Crippen molar-refractivity contribution in [2.75, 3.05) is 20.3 Å². The molecule has 0 amide bonds. The maximum Gasteiger partial charge on any atom is 0.357 e.